The van der Waals surface area contributed by atoms with Crippen LogP contribution in [0.15, 0.2) is 58.4 Å². The number of aliphatic imine (C=N–C) groups is 1. The second-order valence-electron chi connectivity index (χ2n) is 7.40. The van der Waals surface area contributed by atoms with E-state index in [-0.39, 0.29) is 22.7 Å². The Kier molecular flexibility index (Phi) is 7.40. The number of carbonyl (C=O) groups excluding carboxylic acids is 1. The molecule has 0 aromatic heterocycles. The maximum atomic E-state index is 12.8. The van der Waals surface area contributed by atoms with Crippen LogP contribution in [0.1, 0.15) is 19.4 Å². The summed E-state index contributed by atoms with van der Waals surface area (Å²) in [7, 11) is -0.592. The number of amidine groups is 1. The summed E-state index contributed by atoms with van der Waals surface area (Å²) in [4.78, 5) is 19.2. The van der Waals surface area contributed by atoms with Gasteiger partial charge in [-0.05, 0) is 42.3 Å². The normalized spacial score (nSPS) is 18.0. The van der Waals surface area contributed by atoms with Crippen molar-refractivity contribution in [2.75, 3.05) is 27.2 Å². The number of thioether (sulfide) groups is 1. The zero-order chi connectivity index (χ0) is 22.6. The Morgan fingerprint density at radius 1 is 1.23 bits per heavy atom. The van der Waals surface area contributed by atoms with E-state index in [0.29, 0.717) is 23.1 Å². The van der Waals surface area contributed by atoms with E-state index in [1.807, 2.05) is 31.2 Å². The lowest BCUT2D eigenvalue weighted by atomic mass is 10.2. The molecule has 7 nitrogen and oxygen atoms in total. The SMILES string of the molecule is CCc1cccc(OCC(=O)N2C[C@H](C)SC2=Nc2cccc(S(=O)(=O)N(C)C)c2)c1. The lowest BCUT2D eigenvalue weighted by Crippen LogP contribution is -2.36. The fraction of sp³-hybridized carbons (Fsp3) is 0.364. The Morgan fingerprint density at radius 3 is 2.68 bits per heavy atom. The van der Waals surface area contributed by atoms with Gasteiger partial charge >= 0.3 is 0 Å². The third-order valence-electron chi connectivity index (χ3n) is 4.77. The standard InChI is InChI=1S/C22H27N3O4S2/c1-5-17-8-6-10-19(12-17)29-15-21(26)25-14-16(2)30-22(25)23-18-9-7-11-20(13-18)31(27,28)24(3)4/h6-13,16H,5,14-15H2,1-4H3/t16-/m0/s1. The molecule has 1 fully saturated rings. The Morgan fingerprint density at radius 2 is 1.97 bits per heavy atom. The molecule has 0 N–H and O–H groups in total. The number of hydrogen-bond donors (Lipinski definition) is 0. The molecule has 1 saturated heterocycles. The van der Waals surface area contributed by atoms with Crippen LogP contribution in [-0.2, 0) is 21.2 Å². The van der Waals surface area contributed by atoms with Crippen molar-refractivity contribution in [2.24, 2.45) is 4.99 Å². The molecule has 0 unspecified atom stereocenters. The maximum Gasteiger partial charge on any atom is 0.266 e. The molecule has 1 aliphatic heterocycles. The molecule has 1 atom stereocenters. The van der Waals surface area contributed by atoms with Gasteiger partial charge in [0.2, 0.25) is 10.0 Å². The van der Waals surface area contributed by atoms with E-state index < -0.39 is 10.0 Å². The van der Waals surface area contributed by atoms with Crippen LogP contribution in [0.3, 0.4) is 0 Å². The van der Waals surface area contributed by atoms with Crippen molar-refractivity contribution in [2.45, 2.75) is 30.4 Å². The van der Waals surface area contributed by atoms with Crippen LogP contribution in [0.4, 0.5) is 5.69 Å². The largest absolute Gasteiger partial charge is 0.484 e. The third kappa shape index (κ3) is 5.66. The number of sulfonamides is 1. The van der Waals surface area contributed by atoms with Crippen molar-refractivity contribution in [3.05, 3.63) is 54.1 Å². The molecule has 166 valence electrons. The molecule has 0 radical (unpaired) electrons. The third-order valence-corrected chi connectivity index (χ3v) is 7.65. The molecule has 0 saturated carbocycles. The molecule has 1 heterocycles. The highest BCUT2D eigenvalue weighted by atomic mass is 32.2. The molecule has 0 bridgehead atoms. The van der Waals surface area contributed by atoms with Gasteiger partial charge in [0, 0.05) is 25.9 Å². The molecule has 31 heavy (non-hydrogen) atoms. The predicted octanol–water partition coefficient (Wildman–Crippen LogP) is 3.53. The first kappa shape index (κ1) is 23.3. The van der Waals surface area contributed by atoms with E-state index in [2.05, 4.69) is 11.9 Å². The topological polar surface area (TPSA) is 79.3 Å². The summed E-state index contributed by atoms with van der Waals surface area (Å²) < 4.78 is 31.7. The second kappa shape index (κ2) is 9.84. The number of benzene rings is 2. The van der Waals surface area contributed by atoms with Crippen molar-refractivity contribution >= 4 is 38.5 Å². The average Bonchev–Trinajstić information content (AvgIpc) is 3.12. The highest BCUT2D eigenvalue weighted by Crippen LogP contribution is 2.29. The molecule has 0 spiro atoms. The number of rotatable bonds is 7. The first-order valence-corrected chi connectivity index (χ1v) is 12.3. The second-order valence-corrected chi connectivity index (χ2v) is 11.0. The van der Waals surface area contributed by atoms with Crippen LogP contribution >= 0.6 is 11.8 Å². The number of ether oxygens (including phenoxy) is 1. The number of hydrogen-bond acceptors (Lipinski definition) is 6. The van der Waals surface area contributed by atoms with Crippen LogP contribution in [-0.4, -0.2) is 61.2 Å². The number of amides is 1. The van der Waals surface area contributed by atoms with Gasteiger partial charge in [0.1, 0.15) is 5.75 Å². The van der Waals surface area contributed by atoms with Crippen molar-refractivity contribution in [1.82, 2.24) is 9.21 Å². The van der Waals surface area contributed by atoms with Gasteiger partial charge in [0.15, 0.2) is 11.8 Å². The van der Waals surface area contributed by atoms with Crippen LogP contribution in [0.5, 0.6) is 5.75 Å². The monoisotopic (exact) mass is 461 g/mol. The van der Waals surface area contributed by atoms with Gasteiger partial charge in [-0.1, -0.05) is 43.8 Å². The minimum Gasteiger partial charge on any atom is -0.484 e. The number of nitrogens with zero attached hydrogens (tertiary/aromatic N) is 3. The summed E-state index contributed by atoms with van der Waals surface area (Å²) in [5, 5.41) is 0.725. The first-order chi connectivity index (χ1) is 14.7. The molecular weight excluding hydrogens is 434 g/mol. The molecule has 0 aliphatic carbocycles. The quantitative estimate of drug-likeness (QED) is 0.630. The van der Waals surface area contributed by atoms with E-state index in [1.165, 1.54) is 38.0 Å². The average molecular weight is 462 g/mol. The van der Waals surface area contributed by atoms with E-state index in [4.69, 9.17) is 4.74 Å². The Hall–Kier alpha value is -2.36. The van der Waals surface area contributed by atoms with Gasteiger partial charge in [-0.25, -0.2) is 17.7 Å². The van der Waals surface area contributed by atoms with Crippen LogP contribution in [0, 0.1) is 0 Å². The van der Waals surface area contributed by atoms with Gasteiger partial charge in [-0.3, -0.25) is 9.69 Å². The molecule has 1 aliphatic rings. The van der Waals surface area contributed by atoms with Crippen molar-refractivity contribution in [3.63, 3.8) is 0 Å². The van der Waals surface area contributed by atoms with Crippen molar-refractivity contribution in [3.8, 4) is 5.75 Å². The van der Waals surface area contributed by atoms with Crippen LogP contribution in [0.25, 0.3) is 0 Å². The summed E-state index contributed by atoms with van der Waals surface area (Å²) in [5.74, 6) is 0.474. The molecule has 1 amide bonds. The fourth-order valence-corrected chi connectivity index (χ4v) is 5.01. The number of carbonyl (C=O) groups is 1. The van der Waals surface area contributed by atoms with Gasteiger partial charge in [-0.2, -0.15) is 0 Å². The molecule has 3 rings (SSSR count). The molecular formula is C22H27N3O4S2. The number of aryl methyl sites for hydroxylation is 1. The summed E-state index contributed by atoms with van der Waals surface area (Å²) in [6.45, 7) is 4.52. The van der Waals surface area contributed by atoms with E-state index in [1.54, 1.807) is 17.0 Å². The predicted molar refractivity (Wildman–Crippen MR) is 124 cm³/mol. The molecule has 2 aromatic carbocycles. The zero-order valence-corrected chi connectivity index (χ0v) is 19.7. The fourth-order valence-electron chi connectivity index (χ4n) is 3.02. The van der Waals surface area contributed by atoms with Crippen LogP contribution < -0.4 is 4.74 Å². The van der Waals surface area contributed by atoms with Gasteiger partial charge < -0.3 is 4.74 Å². The molecule has 9 heteroatoms. The van der Waals surface area contributed by atoms with E-state index >= 15 is 0 Å². The van der Waals surface area contributed by atoms with E-state index in [9.17, 15) is 13.2 Å². The minimum absolute atomic E-state index is 0.0888. The maximum absolute atomic E-state index is 12.8. The molecule has 2 aromatic rings. The summed E-state index contributed by atoms with van der Waals surface area (Å²) in [6.07, 6.45) is 0.894. The Labute approximate surface area is 188 Å². The zero-order valence-electron chi connectivity index (χ0n) is 18.1. The highest BCUT2D eigenvalue weighted by Gasteiger charge is 2.31. The lowest BCUT2D eigenvalue weighted by molar-refractivity contribution is -0.129. The summed E-state index contributed by atoms with van der Waals surface area (Å²) in [5.41, 5.74) is 1.62. The lowest BCUT2D eigenvalue weighted by Gasteiger charge is -2.17. The van der Waals surface area contributed by atoms with Crippen molar-refractivity contribution in [1.29, 1.82) is 0 Å². The van der Waals surface area contributed by atoms with Gasteiger partial charge in [0.05, 0.1) is 10.6 Å². The van der Waals surface area contributed by atoms with Gasteiger partial charge in [0.25, 0.3) is 5.91 Å². The van der Waals surface area contributed by atoms with Gasteiger partial charge in [-0.15, -0.1) is 0 Å². The smallest absolute Gasteiger partial charge is 0.266 e. The minimum atomic E-state index is -3.56. The Balaban J connectivity index is 1.77. The highest BCUT2D eigenvalue weighted by molar-refractivity contribution is 8.14. The first-order valence-electron chi connectivity index (χ1n) is 10.0. The Bertz CT molecular complexity index is 1080. The van der Waals surface area contributed by atoms with E-state index in [0.717, 1.165) is 16.3 Å². The van der Waals surface area contributed by atoms with Crippen LogP contribution in [0.2, 0.25) is 0 Å². The summed E-state index contributed by atoms with van der Waals surface area (Å²) >= 11 is 1.48. The van der Waals surface area contributed by atoms with Crippen molar-refractivity contribution < 1.29 is 17.9 Å². The summed E-state index contributed by atoms with van der Waals surface area (Å²) in [6, 6.07) is 14.1.